The molecule has 0 saturated heterocycles. The summed E-state index contributed by atoms with van der Waals surface area (Å²) in [5.41, 5.74) is 2.46. The van der Waals surface area contributed by atoms with Crippen molar-refractivity contribution in [2.75, 3.05) is 14.1 Å². The van der Waals surface area contributed by atoms with Gasteiger partial charge in [-0.2, -0.15) is 5.26 Å². The van der Waals surface area contributed by atoms with Crippen LogP contribution in [0.1, 0.15) is 25.5 Å². The van der Waals surface area contributed by atoms with Gasteiger partial charge in [0, 0.05) is 24.1 Å². The number of aromatic nitrogens is 1. The first kappa shape index (κ1) is 14.6. The second kappa shape index (κ2) is 5.68. The quantitative estimate of drug-likeness (QED) is 0.849. The molecule has 0 amide bonds. The topological polar surface area (TPSA) is 32.0 Å². The largest absolute Gasteiger partial charge is 0.350 e. The van der Waals surface area contributed by atoms with Crippen LogP contribution in [0.5, 0.6) is 0 Å². The van der Waals surface area contributed by atoms with E-state index < -0.39 is 0 Å². The van der Waals surface area contributed by atoms with E-state index in [1.807, 2.05) is 0 Å². The van der Waals surface area contributed by atoms with Gasteiger partial charge in [0.05, 0.1) is 18.0 Å². The zero-order valence-corrected chi connectivity index (χ0v) is 13.0. The Morgan fingerprint density at radius 1 is 1.20 bits per heavy atom. The number of benzene rings is 1. The van der Waals surface area contributed by atoms with Gasteiger partial charge in [-0.25, -0.2) is 0 Å². The van der Waals surface area contributed by atoms with E-state index in [4.69, 9.17) is 0 Å². The lowest BCUT2D eigenvalue weighted by atomic mass is 9.85. The molecule has 2 atom stereocenters. The van der Waals surface area contributed by atoms with Gasteiger partial charge in [-0.05, 0) is 31.6 Å². The van der Waals surface area contributed by atoms with Crippen molar-refractivity contribution < 1.29 is 0 Å². The van der Waals surface area contributed by atoms with Gasteiger partial charge in [0.25, 0.3) is 0 Å². The number of nitriles is 1. The molecular formula is C17H23N3. The minimum atomic E-state index is -0.0178. The number of rotatable bonds is 4. The summed E-state index contributed by atoms with van der Waals surface area (Å²) in [4.78, 5) is 2.16. The molecule has 106 valence electrons. The molecule has 1 aromatic heterocycles. The summed E-state index contributed by atoms with van der Waals surface area (Å²) in [6.45, 7) is 4.24. The van der Waals surface area contributed by atoms with E-state index >= 15 is 0 Å². The third-order valence-corrected chi connectivity index (χ3v) is 4.01. The molecule has 3 heteroatoms. The minimum Gasteiger partial charge on any atom is -0.350 e. The Morgan fingerprint density at radius 3 is 2.40 bits per heavy atom. The lowest BCUT2D eigenvalue weighted by molar-refractivity contribution is 0.211. The number of hydrogen-bond donors (Lipinski definition) is 0. The molecule has 0 spiro atoms. The smallest absolute Gasteiger partial charge is 0.0683 e. The van der Waals surface area contributed by atoms with Crippen LogP contribution in [-0.2, 0) is 7.05 Å². The summed E-state index contributed by atoms with van der Waals surface area (Å²) in [5.74, 6) is 0.308. The third kappa shape index (κ3) is 2.44. The summed E-state index contributed by atoms with van der Waals surface area (Å²) in [6, 6.07) is 11.0. The summed E-state index contributed by atoms with van der Waals surface area (Å²) in [7, 11) is 6.17. The standard InChI is InChI=1S/C17H23N3/c1-12(2)14(10-18)17(19(3)4)15-11-20(5)16-9-7-6-8-13(15)16/h6-9,11-12,14,17H,1-5H3. The number of nitrogens with zero attached hydrogens (tertiary/aromatic N) is 3. The lowest BCUT2D eigenvalue weighted by Gasteiger charge is -2.30. The normalized spacial score (nSPS) is 14.7. The van der Waals surface area contributed by atoms with Crippen molar-refractivity contribution in [3.8, 4) is 6.07 Å². The molecule has 2 aromatic rings. The molecule has 3 nitrogen and oxygen atoms in total. The molecule has 20 heavy (non-hydrogen) atoms. The number of fused-ring (bicyclic) bond motifs is 1. The lowest BCUT2D eigenvalue weighted by Crippen LogP contribution is -2.29. The zero-order valence-electron chi connectivity index (χ0n) is 13.0. The van der Waals surface area contributed by atoms with Crippen molar-refractivity contribution in [3.05, 3.63) is 36.0 Å². The average molecular weight is 269 g/mol. The van der Waals surface area contributed by atoms with Gasteiger partial charge in [-0.15, -0.1) is 0 Å². The van der Waals surface area contributed by atoms with E-state index in [1.54, 1.807) is 0 Å². The minimum absolute atomic E-state index is 0.0178. The average Bonchev–Trinajstić information content (AvgIpc) is 2.72. The number of para-hydroxylation sites is 1. The fourth-order valence-electron chi connectivity index (χ4n) is 2.99. The molecule has 0 aliphatic rings. The number of hydrogen-bond acceptors (Lipinski definition) is 2. The molecule has 0 saturated carbocycles. The van der Waals surface area contributed by atoms with E-state index in [9.17, 15) is 5.26 Å². The van der Waals surface area contributed by atoms with Crippen LogP contribution in [0.4, 0.5) is 0 Å². The zero-order chi connectivity index (χ0) is 14.9. The molecular weight excluding hydrogens is 246 g/mol. The molecule has 0 fully saturated rings. The van der Waals surface area contributed by atoms with Crippen molar-refractivity contribution in [1.82, 2.24) is 9.47 Å². The van der Waals surface area contributed by atoms with E-state index in [0.717, 1.165) is 0 Å². The first-order valence-corrected chi connectivity index (χ1v) is 7.07. The Hall–Kier alpha value is -1.79. The summed E-state index contributed by atoms with van der Waals surface area (Å²) < 4.78 is 2.15. The van der Waals surface area contributed by atoms with Crippen LogP contribution in [0.15, 0.2) is 30.5 Å². The van der Waals surface area contributed by atoms with E-state index in [2.05, 4.69) is 81.0 Å². The Balaban J connectivity index is 2.61. The highest BCUT2D eigenvalue weighted by molar-refractivity contribution is 5.84. The second-order valence-corrected chi connectivity index (χ2v) is 6.02. The third-order valence-electron chi connectivity index (χ3n) is 4.01. The van der Waals surface area contributed by atoms with Crippen molar-refractivity contribution in [2.24, 2.45) is 18.9 Å². The summed E-state index contributed by atoms with van der Waals surface area (Å²) in [6.07, 6.45) is 2.17. The Labute approximate surface area is 121 Å². The first-order chi connectivity index (χ1) is 9.47. The predicted molar refractivity (Wildman–Crippen MR) is 83.3 cm³/mol. The Morgan fingerprint density at radius 2 is 1.85 bits per heavy atom. The number of aryl methyl sites for hydroxylation is 1. The van der Waals surface area contributed by atoms with Crippen LogP contribution in [0, 0.1) is 23.2 Å². The fourth-order valence-corrected chi connectivity index (χ4v) is 2.99. The van der Waals surface area contributed by atoms with Gasteiger partial charge >= 0.3 is 0 Å². The first-order valence-electron chi connectivity index (χ1n) is 7.07. The van der Waals surface area contributed by atoms with Crippen LogP contribution < -0.4 is 0 Å². The summed E-state index contributed by atoms with van der Waals surface area (Å²) >= 11 is 0. The molecule has 0 bridgehead atoms. The van der Waals surface area contributed by atoms with Crippen molar-refractivity contribution in [1.29, 1.82) is 5.26 Å². The van der Waals surface area contributed by atoms with Crippen LogP contribution in [0.3, 0.4) is 0 Å². The van der Waals surface area contributed by atoms with Crippen LogP contribution >= 0.6 is 0 Å². The highest BCUT2D eigenvalue weighted by Gasteiger charge is 2.30. The molecule has 0 radical (unpaired) electrons. The van der Waals surface area contributed by atoms with Crippen molar-refractivity contribution >= 4 is 10.9 Å². The van der Waals surface area contributed by atoms with Gasteiger partial charge in [-0.1, -0.05) is 32.0 Å². The van der Waals surface area contributed by atoms with Crippen LogP contribution in [0.25, 0.3) is 10.9 Å². The SMILES string of the molecule is CC(C)C(C#N)C(c1cn(C)c2ccccc12)N(C)C. The highest BCUT2D eigenvalue weighted by Crippen LogP contribution is 2.36. The maximum atomic E-state index is 9.57. The van der Waals surface area contributed by atoms with Gasteiger partial charge in [0.15, 0.2) is 0 Å². The fraction of sp³-hybridized carbons (Fsp3) is 0.471. The van der Waals surface area contributed by atoms with Crippen molar-refractivity contribution in [3.63, 3.8) is 0 Å². The van der Waals surface area contributed by atoms with Crippen LogP contribution in [0.2, 0.25) is 0 Å². The Kier molecular flexibility index (Phi) is 4.15. The highest BCUT2D eigenvalue weighted by atomic mass is 15.1. The van der Waals surface area contributed by atoms with E-state index in [1.165, 1.54) is 16.5 Å². The monoisotopic (exact) mass is 269 g/mol. The molecule has 0 N–H and O–H groups in total. The molecule has 1 heterocycles. The van der Waals surface area contributed by atoms with Gasteiger partial charge < -0.3 is 9.47 Å². The molecule has 2 unspecified atom stereocenters. The van der Waals surface area contributed by atoms with Crippen molar-refractivity contribution in [2.45, 2.75) is 19.9 Å². The molecule has 2 rings (SSSR count). The molecule has 1 aromatic carbocycles. The van der Waals surface area contributed by atoms with E-state index in [0.29, 0.717) is 5.92 Å². The van der Waals surface area contributed by atoms with Gasteiger partial charge in [-0.3, -0.25) is 0 Å². The van der Waals surface area contributed by atoms with Gasteiger partial charge in [0.1, 0.15) is 0 Å². The van der Waals surface area contributed by atoms with E-state index in [-0.39, 0.29) is 12.0 Å². The summed E-state index contributed by atoms with van der Waals surface area (Å²) in [5, 5.41) is 10.8. The molecule has 0 aliphatic carbocycles. The predicted octanol–water partition coefficient (Wildman–Crippen LogP) is 3.58. The van der Waals surface area contributed by atoms with Gasteiger partial charge in [0.2, 0.25) is 0 Å². The Bertz CT molecular complexity index is 631. The molecule has 0 aliphatic heterocycles. The van der Waals surface area contributed by atoms with Crippen LogP contribution in [-0.4, -0.2) is 23.6 Å². The maximum absolute atomic E-state index is 9.57. The maximum Gasteiger partial charge on any atom is 0.0683 e. The second-order valence-electron chi connectivity index (χ2n) is 6.02.